The van der Waals surface area contributed by atoms with Crippen molar-refractivity contribution in [3.8, 4) is 5.75 Å². The Bertz CT molecular complexity index is 436. The number of nitrogens with two attached hydrogens (primary N) is 1. The maximum atomic E-state index is 5.71. The zero-order valence-electron chi connectivity index (χ0n) is 12.9. The fourth-order valence-corrected chi connectivity index (χ4v) is 2.97. The molecular weight excluding hydrogens is 250 g/mol. The number of ether oxygens (including phenoxy) is 1. The first kappa shape index (κ1) is 15.3. The summed E-state index contributed by atoms with van der Waals surface area (Å²) in [6.07, 6.45) is 2.58. The van der Waals surface area contributed by atoms with Gasteiger partial charge in [-0.15, -0.1) is 0 Å². The number of piperidine rings is 1. The maximum absolute atomic E-state index is 5.71. The van der Waals surface area contributed by atoms with E-state index in [1.165, 1.54) is 24.9 Å². The van der Waals surface area contributed by atoms with E-state index in [1.54, 1.807) is 7.11 Å². The Morgan fingerprint density at radius 3 is 2.90 bits per heavy atom. The number of likely N-dealkylation sites (N-methyl/N-ethyl adjacent to an activating group) is 2. The zero-order valence-corrected chi connectivity index (χ0v) is 12.9. The molecule has 1 aromatic carbocycles. The van der Waals surface area contributed by atoms with Gasteiger partial charge in [-0.3, -0.25) is 4.90 Å². The van der Waals surface area contributed by atoms with Crippen molar-refractivity contribution in [2.24, 2.45) is 5.73 Å². The van der Waals surface area contributed by atoms with Gasteiger partial charge < -0.3 is 15.4 Å². The molecule has 1 fully saturated rings. The second-order valence-electron chi connectivity index (χ2n) is 5.82. The van der Waals surface area contributed by atoms with E-state index in [1.807, 2.05) is 0 Å². The molecule has 0 aliphatic carbocycles. The molecule has 4 heteroatoms. The Hall–Kier alpha value is -1.10. The molecule has 1 saturated heterocycles. The summed E-state index contributed by atoms with van der Waals surface area (Å²) in [6, 6.07) is 7.00. The van der Waals surface area contributed by atoms with Crippen LogP contribution in [0.25, 0.3) is 0 Å². The summed E-state index contributed by atoms with van der Waals surface area (Å²) >= 11 is 0. The first-order chi connectivity index (χ1) is 9.63. The Morgan fingerprint density at radius 1 is 1.45 bits per heavy atom. The minimum absolute atomic E-state index is 0.521. The lowest BCUT2D eigenvalue weighted by molar-refractivity contribution is 0.129. The van der Waals surface area contributed by atoms with Crippen LogP contribution in [0.15, 0.2) is 18.2 Å². The van der Waals surface area contributed by atoms with E-state index >= 15 is 0 Å². The third kappa shape index (κ3) is 3.72. The van der Waals surface area contributed by atoms with Gasteiger partial charge in [0, 0.05) is 31.2 Å². The third-order valence-corrected chi connectivity index (χ3v) is 4.23. The molecule has 1 heterocycles. The van der Waals surface area contributed by atoms with E-state index in [9.17, 15) is 0 Å². The number of hydrogen-bond donors (Lipinski definition) is 1. The molecule has 112 valence electrons. The van der Waals surface area contributed by atoms with Crippen molar-refractivity contribution < 1.29 is 4.74 Å². The van der Waals surface area contributed by atoms with Crippen molar-refractivity contribution in [2.75, 3.05) is 34.3 Å². The zero-order chi connectivity index (χ0) is 14.5. The summed E-state index contributed by atoms with van der Waals surface area (Å²) in [5.41, 5.74) is 8.07. The molecule has 2 N–H and O–H groups in total. The fourth-order valence-electron chi connectivity index (χ4n) is 2.97. The smallest absolute Gasteiger partial charge is 0.123 e. The molecule has 1 atom stereocenters. The molecule has 1 unspecified atom stereocenters. The topological polar surface area (TPSA) is 41.7 Å². The number of methoxy groups -OCH3 is 1. The Labute approximate surface area is 122 Å². The molecule has 0 bridgehead atoms. The lowest BCUT2D eigenvalue weighted by Crippen LogP contribution is -2.44. The van der Waals surface area contributed by atoms with E-state index in [-0.39, 0.29) is 0 Å². The number of hydrogen-bond acceptors (Lipinski definition) is 4. The van der Waals surface area contributed by atoms with Gasteiger partial charge in [0.15, 0.2) is 0 Å². The highest BCUT2D eigenvalue weighted by atomic mass is 16.5. The van der Waals surface area contributed by atoms with E-state index in [0.717, 1.165) is 24.4 Å². The highest BCUT2D eigenvalue weighted by Crippen LogP contribution is 2.22. The van der Waals surface area contributed by atoms with Crippen LogP contribution in [-0.2, 0) is 13.1 Å². The molecule has 0 saturated carbocycles. The van der Waals surface area contributed by atoms with Gasteiger partial charge in [0.25, 0.3) is 0 Å². The van der Waals surface area contributed by atoms with Crippen LogP contribution in [0.1, 0.15) is 24.0 Å². The normalized spacial score (nSPS) is 20.4. The van der Waals surface area contributed by atoms with Gasteiger partial charge in [-0.25, -0.2) is 0 Å². The summed E-state index contributed by atoms with van der Waals surface area (Å²) in [6.45, 7) is 3.87. The minimum Gasteiger partial charge on any atom is -0.496 e. The van der Waals surface area contributed by atoms with Crippen molar-refractivity contribution in [3.05, 3.63) is 29.3 Å². The van der Waals surface area contributed by atoms with Crippen molar-refractivity contribution >= 4 is 0 Å². The number of benzene rings is 1. The average molecular weight is 277 g/mol. The van der Waals surface area contributed by atoms with Crippen molar-refractivity contribution in [3.63, 3.8) is 0 Å². The molecule has 2 rings (SSSR count). The quantitative estimate of drug-likeness (QED) is 0.889. The predicted molar refractivity (Wildman–Crippen MR) is 82.9 cm³/mol. The largest absolute Gasteiger partial charge is 0.496 e. The highest BCUT2D eigenvalue weighted by molar-refractivity contribution is 5.37. The molecule has 20 heavy (non-hydrogen) atoms. The molecule has 0 radical (unpaired) electrons. The molecule has 1 aliphatic rings. The lowest BCUT2D eigenvalue weighted by Gasteiger charge is -2.36. The van der Waals surface area contributed by atoms with Gasteiger partial charge in [-0.1, -0.05) is 12.1 Å². The van der Waals surface area contributed by atoms with Crippen LogP contribution in [-0.4, -0.2) is 50.1 Å². The fraction of sp³-hybridized carbons (Fsp3) is 0.625. The lowest BCUT2D eigenvalue weighted by atomic mass is 10.0. The predicted octanol–water partition coefficient (Wildman–Crippen LogP) is 1.68. The Morgan fingerprint density at radius 2 is 2.25 bits per heavy atom. The summed E-state index contributed by atoms with van der Waals surface area (Å²) < 4.78 is 5.41. The summed E-state index contributed by atoms with van der Waals surface area (Å²) in [5, 5.41) is 0. The van der Waals surface area contributed by atoms with Crippen LogP contribution in [0.2, 0.25) is 0 Å². The molecular formula is C16H27N3O. The van der Waals surface area contributed by atoms with Gasteiger partial charge in [0.05, 0.1) is 7.11 Å². The first-order valence-corrected chi connectivity index (χ1v) is 7.38. The van der Waals surface area contributed by atoms with Crippen LogP contribution >= 0.6 is 0 Å². The number of likely N-dealkylation sites (tertiary alicyclic amines) is 1. The van der Waals surface area contributed by atoms with Crippen molar-refractivity contribution in [1.29, 1.82) is 0 Å². The van der Waals surface area contributed by atoms with Gasteiger partial charge in [0.2, 0.25) is 0 Å². The van der Waals surface area contributed by atoms with Gasteiger partial charge >= 0.3 is 0 Å². The summed E-state index contributed by atoms with van der Waals surface area (Å²) in [7, 11) is 6.13. The highest BCUT2D eigenvalue weighted by Gasteiger charge is 2.21. The molecule has 1 aliphatic heterocycles. The van der Waals surface area contributed by atoms with Crippen LogP contribution in [0.5, 0.6) is 5.75 Å². The van der Waals surface area contributed by atoms with E-state index in [0.29, 0.717) is 12.6 Å². The molecule has 0 spiro atoms. The second kappa shape index (κ2) is 7.07. The van der Waals surface area contributed by atoms with E-state index < -0.39 is 0 Å². The second-order valence-corrected chi connectivity index (χ2v) is 5.82. The van der Waals surface area contributed by atoms with Crippen LogP contribution in [0.4, 0.5) is 0 Å². The minimum atomic E-state index is 0.521. The molecule has 0 aromatic heterocycles. The van der Waals surface area contributed by atoms with Gasteiger partial charge in [-0.2, -0.15) is 0 Å². The van der Waals surface area contributed by atoms with E-state index in [4.69, 9.17) is 10.5 Å². The van der Waals surface area contributed by atoms with E-state index in [2.05, 4.69) is 42.1 Å². The van der Waals surface area contributed by atoms with Crippen molar-refractivity contribution in [2.45, 2.75) is 32.0 Å². The van der Waals surface area contributed by atoms with Crippen LogP contribution in [0.3, 0.4) is 0 Å². The molecule has 0 amide bonds. The summed E-state index contributed by atoms with van der Waals surface area (Å²) in [5.74, 6) is 0.902. The average Bonchev–Trinajstić information content (AvgIpc) is 2.47. The summed E-state index contributed by atoms with van der Waals surface area (Å²) in [4.78, 5) is 4.87. The van der Waals surface area contributed by atoms with Crippen LogP contribution < -0.4 is 10.5 Å². The SMILES string of the molecule is COc1cc(CN(C)C2CCCN(C)C2)ccc1CN. The molecule has 4 nitrogen and oxygen atoms in total. The van der Waals surface area contributed by atoms with Crippen LogP contribution in [0, 0.1) is 0 Å². The Kier molecular flexibility index (Phi) is 5.40. The number of rotatable bonds is 5. The molecule has 1 aromatic rings. The van der Waals surface area contributed by atoms with Crippen molar-refractivity contribution in [1.82, 2.24) is 9.80 Å². The number of nitrogens with zero attached hydrogens (tertiary/aromatic N) is 2. The standard InChI is InChI=1S/C16H27N3O/c1-18-8-4-5-15(12-18)19(2)11-13-6-7-14(10-17)16(9-13)20-3/h6-7,9,15H,4-5,8,10-12,17H2,1-3H3. The first-order valence-electron chi connectivity index (χ1n) is 7.38. The third-order valence-electron chi connectivity index (χ3n) is 4.23. The monoisotopic (exact) mass is 277 g/mol. The van der Waals surface area contributed by atoms with Gasteiger partial charge in [-0.05, 0) is 45.1 Å². The maximum Gasteiger partial charge on any atom is 0.123 e. The van der Waals surface area contributed by atoms with Gasteiger partial charge in [0.1, 0.15) is 5.75 Å². The Balaban J connectivity index is 2.01.